The molecule has 1 heterocycles. The van der Waals surface area contributed by atoms with Crippen LogP contribution < -0.4 is 15.0 Å². The molecule has 0 saturated carbocycles. The van der Waals surface area contributed by atoms with Gasteiger partial charge in [0.1, 0.15) is 8.07 Å². The van der Waals surface area contributed by atoms with Crippen LogP contribution in [0, 0.1) is 0 Å². The molecule has 0 saturated heterocycles. The minimum atomic E-state index is -1.85. The molecule has 0 spiro atoms. The highest BCUT2D eigenvalue weighted by atomic mass is 32.1. The second-order valence-corrected chi connectivity index (χ2v) is 19.3. The quantitative estimate of drug-likeness (QED) is 0.456. The van der Waals surface area contributed by atoms with Gasteiger partial charge in [0.2, 0.25) is 0 Å². The first kappa shape index (κ1) is 17.6. The molecule has 0 atom stereocenters. The second kappa shape index (κ2) is 6.15. The highest BCUT2D eigenvalue weighted by molar-refractivity contribution is 7.33. The Labute approximate surface area is 161 Å². The van der Waals surface area contributed by atoms with E-state index in [4.69, 9.17) is 4.98 Å². The van der Waals surface area contributed by atoms with Crippen LogP contribution >= 0.6 is 11.3 Å². The van der Waals surface area contributed by atoms with Crippen molar-refractivity contribution in [2.45, 2.75) is 32.7 Å². The fraction of sp³-hybridized carbons (Fsp3) is 0.227. The van der Waals surface area contributed by atoms with Crippen molar-refractivity contribution < 1.29 is 0 Å². The minimum Gasteiger partial charge on any atom is -0.246 e. The SMILES string of the molecule is C[Si](C)(C)c1ccc2nc([Si](C)(C)c3cccc4ccccc34)sc2c1. The molecule has 4 rings (SSSR count). The minimum absolute atomic E-state index is 1.16. The van der Waals surface area contributed by atoms with Crippen molar-refractivity contribution in [3.63, 3.8) is 0 Å². The first-order chi connectivity index (χ1) is 12.3. The lowest BCUT2D eigenvalue weighted by Gasteiger charge is -2.22. The zero-order chi connectivity index (χ0) is 18.5. The smallest absolute Gasteiger partial charge is 0.149 e. The topological polar surface area (TPSA) is 12.9 Å². The van der Waals surface area contributed by atoms with Crippen molar-refractivity contribution in [2.75, 3.05) is 0 Å². The molecule has 132 valence electrons. The summed E-state index contributed by atoms with van der Waals surface area (Å²) in [5.74, 6) is 0. The Kier molecular flexibility index (Phi) is 4.17. The maximum atomic E-state index is 5.09. The molecule has 4 aromatic rings. The van der Waals surface area contributed by atoms with Crippen LogP contribution in [-0.2, 0) is 0 Å². The molecule has 0 amide bonds. The van der Waals surface area contributed by atoms with Crippen molar-refractivity contribution in [1.29, 1.82) is 0 Å². The number of thiazole rings is 1. The van der Waals surface area contributed by atoms with E-state index in [1.54, 1.807) is 0 Å². The number of nitrogens with zero attached hydrogens (tertiary/aromatic N) is 1. The summed E-state index contributed by atoms with van der Waals surface area (Å²) in [6.07, 6.45) is 0. The van der Waals surface area contributed by atoms with Crippen LogP contribution in [0.3, 0.4) is 0 Å². The third-order valence-electron chi connectivity index (χ3n) is 5.25. The molecule has 1 nitrogen and oxygen atoms in total. The zero-order valence-electron chi connectivity index (χ0n) is 16.1. The summed E-state index contributed by atoms with van der Waals surface area (Å²) in [7, 11) is -3.14. The van der Waals surface area contributed by atoms with Crippen LogP contribution in [0.4, 0.5) is 0 Å². The average molecular weight is 392 g/mol. The van der Waals surface area contributed by atoms with Gasteiger partial charge in [-0.2, -0.15) is 0 Å². The number of hydrogen-bond acceptors (Lipinski definition) is 2. The van der Waals surface area contributed by atoms with Crippen LogP contribution in [0.25, 0.3) is 21.0 Å². The average Bonchev–Trinajstić information content (AvgIpc) is 3.04. The van der Waals surface area contributed by atoms with Crippen LogP contribution in [-0.4, -0.2) is 21.1 Å². The molecular weight excluding hydrogens is 366 g/mol. The predicted octanol–water partition coefficient (Wildman–Crippen LogP) is 4.82. The van der Waals surface area contributed by atoms with Crippen molar-refractivity contribution in [2.24, 2.45) is 0 Å². The molecule has 0 N–H and O–H groups in total. The predicted molar refractivity (Wildman–Crippen MR) is 123 cm³/mol. The summed E-state index contributed by atoms with van der Waals surface area (Å²) in [6.45, 7) is 12.1. The molecule has 0 aliphatic rings. The molecule has 0 radical (unpaired) electrons. The summed E-state index contributed by atoms with van der Waals surface area (Å²) < 4.78 is 2.68. The lowest BCUT2D eigenvalue weighted by molar-refractivity contribution is 1.52. The highest BCUT2D eigenvalue weighted by Crippen LogP contribution is 2.22. The van der Waals surface area contributed by atoms with Gasteiger partial charge in [-0.15, -0.1) is 11.3 Å². The molecule has 0 fully saturated rings. The zero-order valence-corrected chi connectivity index (χ0v) is 18.9. The summed E-state index contributed by atoms with van der Waals surface area (Å²) in [5, 5.41) is 5.71. The van der Waals surface area contributed by atoms with Gasteiger partial charge in [0, 0.05) is 0 Å². The van der Waals surface area contributed by atoms with Crippen LogP contribution in [0.1, 0.15) is 0 Å². The van der Waals surface area contributed by atoms with Crippen molar-refractivity contribution in [3.05, 3.63) is 60.7 Å². The third-order valence-corrected chi connectivity index (χ3v) is 12.9. The lowest BCUT2D eigenvalue weighted by atomic mass is 10.1. The molecule has 1 aromatic heterocycles. The lowest BCUT2D eigenvalue weighted by Crippen LogP contribution is -2.53. The summed E-state index contributed by atoms with van der Waals surface area (Å²) in [6, 6.07) is 22.4. The highest BCUT2D eigenvalue weighted by Gasteiger charge is 2.31. The van der Waals surface area contributed by atoms with E-state index in [9.17, 15) is 0 Å². The van der Waals surface area contributed by atoms with E-state index in [1.807, 2.05) is 11.3 Å². The van der Waals surface area contributed by atoms with Crippen molar-refractivity contribution in [3.8, 4) is 0 Å². The summed E-state index contributed by atoms with van der Waals surface area (Å²) in [4.78, 5) is 5.09. The van der Waals surface area contributed by atoms with Gasteiger partial charge < -0.3 is 0 Å². The fourth-order valence-electron chi connectivity index (χ4n) is 3.54. The normalized spacial score (nSPS) is 12.8. The summed E-state index contributed by atoms with van der Waals surface area (Å²) in [5.41, 5.74) is 1.16. The van der Waals surface area contributed by atoms with Gasteiger partial charge in [-0.1, -0.05) is 86.5 Å². The van der Waals surface area contributed by atoms with Gasteiger partial charge in [0.25, 0.3) is 0 Å². The Bertz CT molecular complexity index is 1100. The Morgan fingerprint density at radius 1 is 0.808 bits per heavy atom. The molecule has 0 bridgehead atoms. The Morgan fingerprint density at radius 2 is 1.54 bits per heavy atom. The van der Waals surface area contributed by atoms with Gasteiger partial charge in [-0.3, -0.25) is 0 Å². The Balaban J connectivity index is 1.87. The van der Waals surface area contributed by atoms with E-state index < -0.39 is 16.1 Å². The molecule has 0 unspecified atom stereocenters. The van der Waals surface area contributed by atoms with Crippen LogP contribution in [0.15, 0.2) is 60.7 Å². The second-order valence-electron chi connectivity index (χ2n) is 8.60. The van der Waals surface area contributed by atoms with E-state index in [1.165, 1.54) is 30.5 Å². The molecule has 3 aromatic carbocycles. The van der Waals surface area contributed by atoms with Crippen LogP contribution in [0.5, 0.6) is 0 Å². The fourth-order valence-corrected chi connectivity index (χ4v) is 9.29. The number of hydrogen-bond donors (Lipinski definition) is 0. The molecule has 4 heteroatoms. The summed E-state index contributed by atoms with van der Waals surface area (Å²) >= 11 is 1.91. The van der Waals surface area contributed by atoms with E-state index in [-0.39, 0.29) is 0 Å². The van der Waals surface area contributed by atoms with E-state index in [2.05, 4.69) is 93.4 Å². The molecular formula is C22H25NSSi2. The standard InChI is InChI=1S/C22H25NSSi2/c1-25(2,3)17-13-14-19-20(15-17)24-22(23-19)26(4,5)21-12-8-10-16-9-6-7-11-18(16)21/h6-15H,1-5H3. The third kappa shape index (κ3) is 2.96. The first-order valence-electron chi connectivity index (χ1n) is 9.16. The number of fused-ring (bicyclic) bond motifs is 2. The maximum Gasteiger partial charge on any atom is 0.149 e. The molecule has 0 aliphatic heterocycles. The monoisotopic (exact) mass is 391 g/mol. The van der Waals surface area contributed by atoms with E-state index in [0.717, 1.165) is 5.52 Å². The van der Waals surface area contributed by atoms with Gasteiger partial charge in [-0.05, 0) is 28.1 Å². The van der Waals surface area contributed by atoms with Gasteiger partial charge in [-0.25, -0.2) is 4.98 Å². The van der Waals surface area contributed by atoms with E-state index >= 15 is 0 Å². The first-order valence-corrected chi connectivity index (χ1v) is 16.5. The maximum absolute atomic E-state index is 5.09. The Morgan fingerprint density at radius 3 is 2.31 bits per heavy atom. The van der Waals surface area contributed by atoms with Crippen molar-refractivity contribution in [1.82, 2.24) is 4.98 Å². The number of aromatic nitrogens is 1. The van der Waals surface area contributed by atoms with Crippen LogP contribution in [0.2, 0.25) is 32.7 Å². The number of rotatable bonds is 3. The Hall–Kier alpha value is -1.76. The van der Waals surface area contributed by atoms with E-state index in [0.29, 0.717) is 0 Å². The largest absolute Gasteiger partial charge is 0.246 e. The molecule has 26 heavy (non-hydrogen) atoms. The van der Waals surface area contributed by atoms with Gasteiger partial charge >= 0.3 is 0 Å². The number of benzene rings is 3. The van der Waals surface area contributed by atoms with Crippen molar-refractivity contribution >= 4 is 63.5 Å². The molecule has 0 aliphatic carbocycles. The van der Waals surface area contributed by atoms with Gasteiger partial charge in [0.15, 0.2) is 0 Å². The van der Waals surface area contributed by atoms with Gasteiger partial charge in [0.05, 0.1) is 22.9 Å².